The van der Waals surface area contributed by atoms with Crippen molar-refractivity contribution in [2.24, 2.45) is 5.73 Å². The summed E-state index contributed by atoms with van der Waals surface area (Å²) in [5.41, 5.74) is 5.89. The number of carbonyl (C=O) groups is 2. The van der Waals surface area contributed by atoms with Gasteiger partial charge in [-0.25, -0.2) is 0 Å². The number of hydrogen-bond acceptors (Lipinski definition) is 4. The molecule has 1 aliphatic rings. The molecular formula is C12H10Cl2N2O2S. The van der Waals surface area contributed by atoms with Gasteiger partial charge < -0.3 is 5.73 Å². The fourth-order valence-electron chi connectivity index (χ4n) is 1.60. The quantitative estimate of drug-likeness (QED) is 0.871. The molecule has 0 radical (unpaired) electrons. The van der Waals surface area contributed by atoms with Crippen LogP contribution in [-0.4, -0.2) is 29.1 Å². The second-order valence-electron chi connectivity index (χ2n) is 3.76. The number of imide groups is 1. The van der Waals surface area contributed by atoms with Crippen LogP contribution in [0.25, 0.3) is 6.08 Å². The Labute approximate surface area is 124 Å². The van der Waals surface area contributed by atoms with Crippen molar-refractivity contribution in [3.05, 3.63) is 38.7 Å². The van der Waals surface area contributed by atoms with Crippen LogP contribution in [0.2, 0.25) is 10.0 Å². The normalized spacial score (nSPS) is 17.6. The molecule has 1 fully saturated rings. The highest BCUT2D eigenvalue weighted by atomic mass is 35.5. The van der Waals surface area contributed by atoms with Crippen molar-refractivity contribution in [2.45, 2.75) is 0 Å². The van der Waals surface area contributed by atoms with Gasteiger partial charge in [0.25, 0.3) is 11.1 Å². The van der Waals surface area contributed by atoms with Gasteiger partial charge in [-0.2, -0.15) is 0 Å². The van der Waals surface area contributed by atoms with Crippen LogP contribution in [0, 0.1) is 0 Å². The van der Waals surface area contributed by atoms with Crippen LogP contribution in [0.15, 0.2) is 23.1 Å². The van der Waals surface area contributed by atoms with Crippen LogP contribution in [0.5, 0.6) is 0 Å². The van der Waals surface area contributed by atoms with Gasteiger partial charge in [0.15, 0.2) is 0 Å². The van der Waals surface area contributed by atoms with Gasteiger partial charge in [-0.15, -0.1) is 0 Å². The zero-order valence-electron chi connectivity index (χ0n) is 9.73. The summed E-state index contributed by atoms with van der Waals surface area (Å²) in [6.45, 7) is 0.441. The Balaban J connectivity index is 2.35. The first-order chi connectivity index (χ1) is 9.04. The Morgan fingerprint density at radius 3 is 2.47 bits per heavy atom. The smallest absolute Gasteiger partial charge is 0.293 e. The molecule has 100 valence electrons. The molecule has 0 unspecified atom stereocenters. The summed E-state index contributed by atoms with van der Waals surface area (Å²) < 4.78 is 0. The SMILES string of the molecule is NCCN1C(=O)S/C(=C\c2c(Cl)cccc2Cl)C1=O. The standard InChI is InChI=1S/C12H10Cl2N2O2S/c13-8-2-1-3-9(14)7(8)6-10-11(17)16(5-4-15)12(18)19-10/h1-3,6H,4-5,15H2/b10-6-. The first-order valence-electron chi connectivity index (χ1n) is 5.44. The summed E-state index contributed by atoms with van der Waals surface area (Å²) in [5, 5.41) is 0.529. The van der Waals surface area contributed by atoms with Crippen LogP contribution in [0.1, 0.15) is 5.56 Å². The summed E-state index contributed by atoms with van der Waals surface area (Å²) in [5.74, 6) is -0.364. The lowest BCUT2D eigenvalue weighted by molar-refractivity contribution is -0.122. The highest BCUT2D eigenvalue weighted by Crippen LogP contribution is 2.35. The number of amides is 2. The third-order valence-electron chi connectivity index (χ3n) is 2.50. The van der Waals surface area contributed by atoms with Gasteiger partial charge in [0.05, 0.1) is 4.91 Å². The first-order valence-corrected chi connectivity index (χ1v) is 7.01. The number of thioether (sulfide) groups is 1. The van der Waals surface area contributed by atoms with E-state index in [1.807, 2.05) is 0 Å². The van der Waals surface area contributed by atoms with Gasteiger partial charge in [0.2, 0.25) is 0 Å². The highest BCUT2D eigenvalue weighted by Gasteiger charge is 2.34. The average Bonchev–Trinajstić information content (AvgIpc) is 2.62. The minimum atomic E-state index is -0.364. The van der Waals surface area contributed by atoms with E-state index in [-0.39, 0.29) is 24.2 Å². The van der Waals surface area contributed by atoms with Gasteiger partial charge >= 0.3 is 0 Å². The highest BCUT2D eigenvalue weighted by molar-refractivity contribution is 8.18. The Hall–Kier alpha value is -1.01. The molecule has 0 saturated carbocycles. The molecule has 0 spiro atoms. The molecule has 0 aromatic heterocycles. The van der Waals surface area contributed by atoms with E-state index >= 15 is 0 Å². The molecule has 19 heavy (non-hydrogen) atoms. The zero-order valence-corrected chi connectivity index (χ0v) is 12.1. The monoisotopic (exact) mass is 316 g/mol. The molecule has 2 amide bonds. The van der Waals surface area contributed by atoms with Crippen molar-refractivity contribution in [2.75, 3.05) is 13.1 Å². The van der Waals surface area contributed by atoms with E-state index in [0.29, 0.717) is 20.5 Å². The van der Waals surface area contributed by atoms with Crippen LogP contribution < -0.4 is 5.73 Å². The van der Waals surface area contributed by atoms with Crippen molar-refractivity contribution in [3.8, 4) is 0 Å². The molecule has 0 aliphatic carbocycles. The maximum Gasteiger partial charge on any atom is 0.293 e. The summed E-state index contributed by atoms with van der Waals surface area (Å²) in [6, 6.07) is 5.05. The molecule has 4 nitrogen and oxygen atoms in total. The predicted molar refractivity (Wildman–Crippen MR) is 78.2 cm³/mol. The van der Waals surface area contributed by atoms with Crippen LogP contribution in [-0.2, 0) is 4.79 Å². The van der Waals surface area contributed by atoms with E-state index in [1.165, 1.54) is 6.08 Å². The number of nitrogens with zero attached hydrogens (tertiary/aromatic N) is 1. The lowest BCUT2D eigenvalue weighted by Crippen LogP contribution is -2.33. The molecule has 2 N–H and O–H groups in total. The molecule has 0 atom stereocenters. The molecule has 1 heterocycles. The van der Waals surface area contributed by atoms with E-state index in [1.54, 1.807) is 18.2 Å². The Kier molecular flexibility index (Phi) is 4.52. The average molecular weight is 317 g/mol. The van der Waals surface area contributed by atoms with Gasteiger partial charge in [-0.05, 0) is 30.0 Å². The number of hydrogen-bond donors (Lipinski definition) is 1. The maximum atomic E-state index is 12.0. The summed E-state index contributed by atoms with van der Waals surface area (Å²) >= 11 is 12.9. The number of benzene rings is 1. The van der Waals surface area contributed by atoms with Gasteiger partial charge in [-0.1, -0.05) is 29.3 Å². The first kappa shape index (κ1) is 14.4. The Bertz CT molecular complexity index is 555. The molecule has 1 aromatic rings. The lowest BCUT2D eigenvalue weighted by Gasteiger charge is -2.09. The largest absolute Gasteiger partial charge is 0.329 e. The Morgan fingerprint density at radius 1 is 1.26 bits per heavy atom. The van der Waals surface area contributed by atoms with Crippen molar-refractivity contribution >= 4 is 52.2 Å². The molecule has 0 bridgehead atoms. The topological polar surface area (TPSA) is 63.4 Å². The Morgan fingerprint density at radius 2 is 1.89 bits per heavy atom. The van der Waals surface area contributed by atoms with E-state index in [0.717, 1.165) is 16.7 Å². The molecule has 2 rings (SSSR count). The lowest BCUT2D eigenvalue weighted by atomic mass is 10.2. The van der Waals surface area contributed by atoms with E-state index in [9.17, 15) is 9.59 Å². The molecule has 1 saturated heterocycles. The number of carbonyl (C=O) groups excluding carboxylic acids is 2. The summed E-state index contributed by atoms with van der Waals surface area (Å²) in [4.78, 5) is 25.1. The third-order valence-corrected chi connectivity index (χ3v) is 4.07. The fraction of sp³-hybridized carbons (Fsp3) is 0.167. The zero-order chi connectivity index (χ0) is 14.0. The second-order valence-corrected chi connectivity index (χ2v) is 5.56. The van der Waals surface area contributed by atoms with Gasteiger partial charge in [0.1, 0.15) is 0 Å². The van der Waals surface area contributed by atoms with Crippen LogP contribution in [0.3, 0.4) is 0 Å². The molecule has 1 aliphatic heterocycles. The fourth-order valence-corrected chi connectivity index (χ4v) is 2.95. The molecular weight excluding hydrogens is 307 g/mol. The van der Waals surface area contributed by atoms with Crippen molar-refractivity contribution in [1.82, 2.24) is 4.90 Å². The molecule has 1 aromatic carbocycles. The minimum absolute atomic E-state index is 0.207. The van der Waals surface area contributed by atoms with Gasteiger partial charge in [0, 0.05) is 28.7 Å². The van der Waals surface area contributed by atoms with Crippen molar-refractivity contribution in [3.63, 3.8) is 0 Å². The van der Waals surface area contributed by atoms with Crippen LogP contribution in [0.4, 0.5) is 4.79 Å². The van der Waals surface area contributed by atoms with E-state index < -0.39 is 0 Å². The number of nitrogens with two attached hydrogens (primary N) is 1. The van der Waals surface area contributed by atoms with E-state index in [4.69, 9.17) is 28.9 Å². The number of rotatable bonds is 3. The number of halogens is 2. The van der Waals surface area contributed by atoms with E-state index in [2.05, 4.69) is 0 Å². The van der Waals surface area contributed by atoms with Gasteiger partial charge in [-0.3, -0.25) is 14.5 Å². The summed E-state index contributed by atoms with van der Waals surface area (Å²) in [7, 11) is 0. The third kappa shape index (κ3) is 2.95. The van der Waals surface area contributed by atoms with Crippen molar-refractivity contribution < 1.29 is 9.59 Å². The molecule has 7 heteroatoms. The predicted octanol–water partition coefficient (Wildman–Crippen LogP) is 2.99. The van der Waals surface area contributed by atoms with Crippen LogP contribution >= 0.6 is 35.0 Å². The summed E-state index contributed by atoms with van der Waals surface area (Å²) in [6.07, 6.45) is 1.53. The maximum absolute atomic E-state index is 12.0. The van der Waals surface area contributed by atoms with Crippen molar-refractivity contribution in [1.29, 1.82) is 0 Å². The second kappa shape index (κ2) is 5.96. The minimum Gasteiger partial charge on any atom is -0.329 e.